The first-order chi connectivity index (χ1) is 17.0. The van der Waals surface area contributed by atoms with Crippen molar-refractivity contribution in [2.45, 2.75) is 19.9 Å². The lowest BCUT2D eigenvalue weighted by Crippen LogP contribution is -2.34. The zero-order chi connectivity index (χ0) is 24.5. The Bertz CT molecular complexity index is 1540. The molecule has 1 atom stereocenters. The molecule has 0 bridgehead atoms. The lowest BCUT2D eigenvalue weighted by Gasteiger charge is -2.11. The Hall–Kier alpha value is -3.82. The monoisotopic (exact) mass is 504 g/mol. The van der Waals surface area contributed by atoms with E-state index in [0.717, 1.165) is 32.2 Å². The first kappa shape index (κ1) is 22.9. The van der Waals surface area contributed by atoms with E-state index in [1.54, 1.807) is 18.5 Å². The van der Waals surface area contributed by atoms with Gasteiger partial charge in [-0.25, -0.2) is 9.97 Å². The lowest BCUT2D eigenvalue weighted by molar-refractivity contribution is 0.0949. The Balaban J connectivity index is 1.59. The van der Waals surface area contributed by atoms with E-state index in [1.807, 2.05) is 44.2 Å². The van der Waals surface area contributed by atoms with Crippen molar-refractivity contribution in [3.05, 3.63) is 64.5 Å². The summed E-state index contributed by atoms with van der Waals surface area (Å²) in [5.41, 5.74) is 2.89. The number of fused-ring (bicyclic) bond motifs is 5. The third kappa shape index (κ3) is 4.36. The number of aliphatic imine (C=N–C) groups is 1. The van der Waals surface area contributed by atoms with E-state index in [9.17, 15) is 4.79 Å². The van der Waals surface area contributed by atoms with Crippen molar-refractivity contribution < 1.29 is 9.53 Å². The summed E-state index contributed by atoms with van der Waals surface area (Å²) >= 11 is 7.53. The number of nitrogens with one attached hydrogen (secondary N) is 2. The molecule has 0 saturated carbocycles. The number of pyridine rings is 1. The highest BCUT2D eigenvalue weighted by Crippen LogP contribution is 2.41. The van der Waals surface area contributed by atoms with Crippen molar-refractivity contribution in [2.75, 3.05) is 11.9 Å². The van der Waals surface area contributed by atoms with Crippen LogP contribution >= 0.6 is 22.9 Å². The number of aromatic nitrogens is 3. The van der Waals surface area contributed by atoms with Crippen molar-refractivity contribution in [1.29, 1.82) is 0 Å². The number of benzene rings is 1. The third-order valence-electron chi connectivity index (χ3n) is 5.48. The Kier molecular flexibility index (Phi) is 6.19. The number of allylic oxidation sites excluding steroid dienone is 3. The number of ether oxygens (including phenoxy) is 1. The number of amides is 1. The van der Waals surface area contributed by atoms with E-state index in [1.165, 1.54) is 11.3 Å². The molecule has 0 unspecified atom stereocenters. The van der Waals surface area contributed by atoms with Crippen LogP contribution in [0.25, 0.3) is 26.6 Å². The van der Waals surface area contributed by atoms with Crippen molar-refractivity contribution >= 4 is 67.8 Å². The maximum Gasteiger partial charge on any atom is 0.263 e. The quantitative estimate of drug-likeness (QED) is 0.201. The number of halogens is 1. The van der Waals surface area contributed by atoms with Crippen LogP contribution in [0.15, 0.2) is 53.8 Å². The van der Waals surface area contributed by atoms with E-state index in [4.69, 9.17) is 21.3 Å². The number of rotatable bonds is 5. The number of hydrogen-bond donors (Lipinski definition) is 2. The zero-order valence-corrected chi connectivity index (χ0v) is 20.6. The summed E-state index contributed by atoms with van der Waals surface area (Å²) in [7, 11) is 0. The van der Waals surface area contributed by atoms with Crippen molar-refractivity contribution in [3.63, 3.8) is 0 Å². The van der Waals surface area contributed by atoms with E-state index < -0.39 is 0 Å². The van der Waals surface area contributed by atoms with Gasteiger partial charge >= 0.3 is 0 Å². The molecule has 10 heteroatoms. The second-order valence-electron chi connectivity index (χ2n) is 7.94. The van der Waals surface area contributed by atoms with Crippen LogP contribution in [-0.4, -0.2) is 40.2 Å². The van der Waals surface area contributed by atoms with Crippen LogP contribution in [0, 0.1) is 0 Å². The Morgan fingerprint density at radius 3 is 2.97 bits per heavy atom. The fourth-order valence-corrected chi connectivity index (χ4v) is 5.19. The van der Waals surface area contributed by atoms with Gasteiger partial charge < -0.3 is 15.4 Å². The summed E-state index contributed by atoms with van der Waals surface area (Å²) in [4.78, 5) is 30.3. The van der Waals surface area contributed by atoms with Gasteiger partial charge in [-0.3, -0.25) is 9.79 Å². The van der Waals surface area contributed by atoms with Crippen LogP contribution in [0.1, 0.15) is 29.1 Å². The van der Waals surface area contributed by atoms with E-state index in [0.29, 0.717) is 22.9 Å². The lowest BCUT2D eigenvalue weighted by atomic mass is 10.1. The molecule has 0 spiro atoms. The molecule has 8 nitrogen and oxygen atoms in total. The highest BCUT2D eigenvalue weighted by molar-refractivity contribution is 7.21. The second-order valence-corrected chi connectivity index (χ2v) is 9.33. The topological polar surface area (TPSA) is 101 Å². The van der Waals surface area contributed by atoms with Gasteiger partial charge in [-0.15, -0.1) is 11.3 Å². The van der Waals surface area contributed by atoms with Crippen LogP contribution in [0.2, 0.25) is 5.28 Å². The van der Waals surface area contributed by atoms with Crippen LogP contribution in [0.3, 0.4) is 0 Å². The molecule has 1 aliphatic heterocycles. The molecule has 0 aliphatic carbocycles. The van der Waals surface area contributed by atoms with Crippen molar-refractivity contribution in [2.24, 2.45) is 4.99 Å². The van der Waals surface area contributed by atoms with E-state index >= 15 is 0 Å². The molecular weight excluding hydrogens is 484 g/mol. The van der Waals surface area contributed by atoms with Gasteiger partial charge in [-0.2, -0.15) is 4.98 Å². The molecule has 3 aromatic heterocycles. The van der Waals surface area contributed by atoms with Crippen LogP contribution < -0.4 is 15.4 Å². The molecule has 1 amide bonds. The van der Waals surface area contributed by atoms with Gasteiger partial charge in [0.25, 0.3) is 5.91 Å². The average molecular weight is 505 g/mol. The molecule has 1 aromatic carbocycles. The zero-order valence-electron chi connectivity index (χ0n) is 19.0. The molecule has 176 valence electrons. The first-order valence-corrected chi connectivity index (χ1v) is 12.1. The highest BCUT2D eigenvalue weighted by atomic mass is 35.5. The van der Waals surface area contributed by atoms with Crippen LogP contribution in [0.4, 0.5) is 5.69 Å². The molecule has 4 heterocycles. The minimum absolute atomic E-state index is 0.0388. The standard InChI is InChI=1S/C25H21ClN6O2S/c1-4-5-14(11-27-3)16-12-29-25(26)32-24(16)34-19-9-6-15-17(31-19)7-8-18-20(15)21-22(35-18)23(33)30-13(2)10-28-21/h4-9,11-13,28H,3,10H2,1-2H3,(H,30,33)/b5-4-,14-11+/t13-/m1/s1. The molecule has 35 heavy (non-hydrogen) atoms. The number of carbonyl (C=O) groups excluding carboxylic acids is 1. The van der Waals surface area contributed by atoms with Gasteiger partial charge in [0.1, 0.15) is 4.88 Å². The van der Waals surface area contributed by atoms with Crippen molar-refractivity contribution in [1.82, 2.24) is 20.3 Å². The summed E-state index contributed by atoms with van der Waals surface area (Å²) < 4.78 is 7.08. The average Bonchev–Trinajstić information content (AvgIpc) is 3.15. The second kappa shape index (κ2) is 9.44. The molecule has 0 radical (unpaired) electrons. The number of carbonyl (C=O) groups is 1. The molecule has 1 aliphatic rings. The summed E-state index contributed by atoms with van der Waals surface area (Å²) in [5, 5.41) is 8.40. The summed E-state index contributed by atoms with van der Waals surface area (Å²) in [6.07, 6.45) is 6.89. The van der Waals surface area contributed by atoms with Gasteiger partial charge in [0.05, 0.1) is 16.8 Å². The Morgan fingerprint density at radius 2 is 2.17 bits per heavy atom. The third-order valence-corrected chi connectivity index (χ3v) is 6.81. The maximum absolute atomic E-state index is 12.7. The molecule has 4 aromatic rings. The number of hydrogen-bond acceptors (Lipinski definition) is 8. The van der Waals surface area contributed by atoms with Crippen LogP contribution in [-0.2, 0) is 0 Å². The Morgan fingerprint density at radius 1 is 1.31 bits per heavy atom. The minimum Gasteiger partial charge on any atom is -0.420 e. The van der Waals surface area contributed by atoms with Crippen molar-refractivity contribution in [3.8, 4) is 11.8 Å². The molecule has 0 fully saturated rings. The van der Waals surface area contributed by atoms with Gasteiger partial charge in [0.2, 0.25) is 17.0 Å². The predicted molar refractivity (Wildman–Crippen MR) is 142 cm³/mol. The minimum atomic E-state index is -0.0630. The van der Waals surface area contributed by atoms with Gasteiger partial charge in [0.15, 0.2) is 0 Å². The summed E-state index contributed by atoms with van der Waals surface area (Å²) in [5.74, 6) is 0.537. The summed E-state index contributed by atoms with van der Waals surface area (Å²) in [6.45, 7) is 8.04. The number of nitrogens with zero attached hydrogens (tertiary/aromatic N) is 4. The maximum atomic E-state index is 12.7. The van der Waals surface area contributed by atoms with E-state index in [-0.39, 0.29) is 23.1 Å². The fraction of sp³-hybridized carbons (Fsp3) is 0.160. The molecular formula is C25H21ClN6O2S. The largest absolute Gasteiger partial charge is 0.420 e. The number of thiophene rings is 1. The fourth-order valence-electron chi connectivity index (χ4n) is 3.96. The predicted octanol–water partition coefficient (Wildman–Crippen LogP) is 5.85. The molecule has 0 saturated heterocycles. The molecule has 2 N–H and O–H groups in total. The van der Waals surface area contributed by atoms with Gasteiger partial charge in [0, 0.05) is 52.1 Å². The molecule has 5 rings (SSSR count). The van der Waals surface area contributed by atoms with E-state index in [2.05, 4.69) is 32.3 Å². The number of anilines is 1. The smallest absolute Gasteiger partial charge is 0.263 e. The SMILES string of the molecule is C=N/C=C(\C=C/C)c1cnc(Cl)nc1Oc1ccc2c(ccc3sc4c(c32)NC[C@@H](C)NC4=O)n1. The Labute approximate surface area is 210 Å². The van der Waals surface area contributed by atoms with Crippen LogP contribution in [0.5, 0.6) is 11.8 Å². The van der Waals surface area contributed by atoms with Gasteiger partial charge in [-0.05, 0) is 50.4 Å². The highest BCUT2D eigenvalue weighted by Gasteiger charge is 2.25. The normalized spacial score (nSPS) is 16.1. The van der Waals surface area contributed by atoms with Gasteiger partial charge in [-0.1, -0.05) is 12.2 Å². The first-order valence-electron chi connectivity index (χ1n) is 10.9. The summed E-state index contributed by atoms with van der Waals surface area (Å²) in [6, 6.07) is 7.65.